The van der Waals surface area contributed by atoms with Gasteiger partial charge in [-0.2, -0.15) is 33.4 Å². The van der Waals surface area contributed by atoms with Gasteiger partial charge in [0.1, 0.15) is 42.5 Å². The van der Waals surface area contributed by atoms with Gasteiger partial charge >= 0.3 is 12.0 Å². The van der Waals surface area contributed by atoms with Gasteiger partial charge in [0.25, 0.3) is 0 Å². The molecule has 0 spiro atoms. The summed E-state index contributed by atoms with van der Waals surface area (Å²) < 4.78 is 72.6. The second kappa shape index (κ2) is 9.91. The second-order valence-electron chi connectivity index (χ2n) is 9.43. The van der Waals surface area contributed by atoms with Gasteiger partial charge in [-0.15, -0.1) is 0 Å². The molecule has 41 heavy (non-hydrogen) atoms. The van der Waals surface area contributed by atoms with E-state index in [0.29, 0.717) is 33.1 Å². The molecule has 0 heterocycles. The Morgan fingerprint density at radius 2 is 1.20 bits per heavy atom. The third kappa shape index (κ3) is 4.26. The lowest BCUT2D eigenvalue weighted by molar-refractivity contribution is -0.0695. The summed E-state index contributed by atoms with van der Waals surface area (Å²) in [5.41, 5.74) is 0.146. The molecule has 0 aliphatic heterocycles. The number of nitrogens with zero attached hydrogens (tertiary/aromatic N) is 4. The highest BCUT2D eigenvalue weighted by molar-refractivity contribution is 5.92. The lowest BCUT2D eigenvalue weighted by Gasteiger charge is -2.17. The fourth-order valence-electron chi connectivity index (χ4n) is 5.74. The number of fused-ring (bicyclic) bond motifs is 2. The average molecular weight is 550 g/mol. The molecule has 0 radical (unpaired) electrons. The summed E-state index contributed by atoms with van der Waals surface area (Å²) in [5, 5.41) is 19.4. The molecular formula is C32H15F5N4. The van der Waals surface area contributed by atoms with E-state index in [2.05, 4.69) is 9.69 Å². The van der Waals surface area contributed by atoms with E-state index < -0.39 is 41.0 Å². The van der Waals surface area contributed by atoms with Gasteiger partial charge in [-0.25, -0.2) is 8.78 Å². The molecular weight excluding hydrogens is 535 g/mol. The van der Waals surface area contributed by atoms with E-state index in [0.717, 1.165) is 12.1 Å². The monoisotopic (exact) mass is 550 g/mol. The Labute approximate surface area is 231 Å². The Morgan fingerprint density at radius 3 is 1.63 bits per heavy atom. The van der Waals surface area contributed by atoms with Crippen molar-refractivity contribution in [3.63, 3.8) is 0 Å². The van der Waals surface area contributed by atoms with Gasteiger partial charge in [-0.3, -0.25) is 0 Å². The van der Waals surface area contributed by atoms with Crippen LogP contribution < -0.4 is 10.4 Å². The smallest absolute Gasteiger partial charge is 0.207 e. The zero-order valence-corrected chi connectivity index (χ0v) is 21.2. The first kappa shape index (κ1) is 27.1. The summed E-state index contributed by atoms with van der Waals surface area (Å²) in [6.07, 6.45) is -5.46. The molecule has 0 N–H and O–H groups in total. The maximum Gasteiger partial charge on any atom is 0.523 e. The number of hydrogen-bond donors (Lipinski definition) is 0. The Morgan fingerprint density at radius 1 is 0.756 bits per heavy atom. The molecule has 3 aromatic rings. The third-order valence-electron chi connectivity index (χ3n) is 7.35. The minimum atomic E-state index is -4.99. The van der Waals surface area contributed by atoms with Crippen LogP contribution in [0.1, 0.15) is 18.1 Å². The topological polar surface area (TPSA) is 56.3 Å². The fraction of sp³-hybridized carbons (Fsp3) is 0.125. The van der Waals surface area contributed by atoms with Crippen LogP contribution in [0.2, 0.25) is 0 Å². The average Bonchev–Trinajstić information content (AvgIpc) is 3.49. The quantitative estimate of drug-likeness (QED) is 0.203. The molecule has 4 nitrogen and oxygen atoms in total. The van der Waals surface area contributed by atoms with Crippen LogP contribution in [0.3, 0.4) is 0 Å². The van der Waals surface area contributed by atoms with Crippen molar-refractivity contribution < 1.29 is 22.0 Å². The number of rotatable bonds is 2. The van der Waals surface area contributed by atoms with Gasteiger partial charge in [-0.1, -0.05) is 24.3 Å². The maximum absolute atomic E-state index is 14.9. The highest BCUT2D eigenvalue weighted by atomic mass is 19.4. The van der Waals surface area contributed by atoms with Gasteiger partial charge in [0.15, 0.2) is 0 Å². The molecule has 2 aliphatic carbocycles. The standard InChI is InChI=1S/C32H15F5N4/c1-16-22(31(40-2)41-3)12-24-26(16)27(17-4-8-20(33)9-5-17)25-13-23(19(14-38)15-39)30(32(35,36)37)29(25)28(24)18-6-10-21(34)11-7-18/h4-11H,12-13H2,1H3. The molecule has 3 aromatic carbocycles. The minimum Gasteiger partial charge on any atom is -0.207 e. The zero-order valence-electron chi connectivity index (χ0n) is 21.2. The van der Waals surface area contributed by atoms with Crippen LogP contribution in [-0.2, 0) is 12.8 Å². The second-order valence-corrected chi connectivity index (χ2v) is 9.43. The first-order chi connectivity index (χ1) is 19.5. The molecule has 0 bridgehead atoms. The molecule has 0 amide bonds. The van der Waals surface area contributed by atoms with Gasteiger partial charge in [0.05, 0.1) is 11.1 Å². The largest absolute Gasteiger partial charge is 0.523 e. The van der Waals surface area contributed by atoms with Crippen LogP contribution in [0.5, 0.6) is 0 Å². The predicted molar refractivity (Wildman–Crippen MR) is 141 cm³/mol. The first-order valence-electron chi connectivity index (χ1n) is 12.1. The van der Waals surface area contributed by atoms with E-state index in [-0.39, 0.29) is 34.2 Å². The van der Waals surface area contributed by atoms with Crippen molar-refractivity contribution in [3.8, 4) is 34.4 Å². The third-order valence-corrected chi connectivity index (χ3v) is 7.35. The molecule has 0 unspecified atom stereocenters. The van der Waals surface area contributed by atoms with Crippen molar-refractivity contribution >= 4 is 11.1 Å². The number of nitriles is 2. The van der Waals surface area contributed by atoms with E-state index in [1.165, 1.54) is 36.4 Å². The van der Waals surface area contributed by atoms with Crippen molar-refractivity contribution in [2.45, 2.75) is 25.9 Å². The summed E-state index contributed by atoms with van der Waals surface area (Å²) in [6.45, 7) is 16.7. The van der Waals surface area contributed by atoms with Gasteiger partial charge < -0.3 is 0 Å². The minimum absolute atomic E-state index is 0.0526. The van der Waals surface area contributed by atoms with Crippen LogP contribution in [0.4, 0.5) is 22.0 Å². The predicted octanol–water partition coefficient (Wildman–Crippen LogP) is 6.69. The van der Waals surface area contributed by atoms with Crippen molar-refractivity contribution in [1.82, 2.24) is 0 Å². The van der Waals surface area contributed by atoms with Crippen LogP contribution in [0.15, 0.2) is 71.1 Å². The molecule has 9 heteroatoms. The van der Waals surface area contributed by atoms with Crippen LogP contribution in [0.25, 0.3) is 43.1 Å². The highest BCUT2D eigenvalue weighted by Crippen LogP contribution is 2.43. The molecule has 2 aliphatic rings. The van der Waals surface area contributed by atoms with Gasteiger partial charge in [-0.05, 0) is 92.6 Å². The summed E-state index contributed by atoms with van der Waals surface area (Å²) in [5.74, 6) is -1.40. The van der Waals surface area contributed by atoms with Gasteiger partial charge in [0, 0.05) is 6.42 Å². The number of benzene rings is 3. The molecule has 0 fully saturated rings. The summed E-state index contributed by atoms with van der Waals surface area (Å²) in [4.78, 5) is 6.66. The maximum atomic E-state index is 14.9. The van der Waals surface area contributed by atoms with Crippen LogP contribution >= 0.6 is 0 Å². The molecule has 0 saturated carbocycles. The summed E-state index contributed by atoms with van der Waals surface area (Å²) >= 11 is 0. The van der Waals surface area contributed by atoms with E-state index in [9.17, 15) is 32.5 Å². The van der Waals surface area contributed by atoms with Crippen LogP contribution in [-0.4, -0.2) is 6.18 Å². The number of allylic oxidation sites excluding steroid dienone is 3. The molecule has 0 atom stereocenters. The normalized spacial score (nSPS) is 13.6. The molecule has 0 aromatic heterocycles. The Bertz CT molecular complexity index is 1990. The van der Waals surface area contributed by atoms with E-state index in [1.807, 2.05) is 0 Å². The zero-order chi connectivity index (χ0) is 29.6. The van der Waals surface area contributed by atoms with Gasteiger partial charge in [0.2, 0.25) is 0 Å². The first-order valence-corrected chi connectivity index (χ1v) is 12.1. The van der Waals surface area contributed by atoms with Crippen LogP contribution in [0, 0.1) is 47.4 Å². The highest BCUT2D eigenvalue weighted by Gasteiger charge is 2.44. The van der Waals surface area contributed by atoms with Crippen molar-refractivity contribution in [2.75, 3.05) is 0 Å². The molecule has 5 rings (SSSR count). The van der Waals surface area contributed by atoms with Crippen molar-refractivity contribution in [3.05, 3.63) is 127 Å². The fourth-order valence-corrected chi connectivity index (χ4v) is 5.74. The molecule has 198 valence electrons. The number of hydrogen-bond acceptors (Lipinski definition) is 2. The van der Waals surface area contributed by atoms with Crippen molar-refractivity contribution in [2.24, 2.45) is 0 Å². The van der Waals surface area contributed by atoms with E-state index in [4.69, 9.17) is 13.1 Å². The Kier molecular flexibility index (Phi) is 6.54. The SMILES string of the molecule is [C-]#[N+]C([N+]#[C-])=C1Cc2c(-c3ccc(F)cc3)c3c(c(-c4ccc(F)cc4)c2=C1C)CC(=C(C#N)C#N)C=3C(F)(F)F. The lowest BCUT2D eigenvalue weighted by atomic mass is 9.86. The Balaban J connectivity index is 2.15. The van der Waals surface area contributed by atoms with E-state index in [1.54, 1.807) is 19.1 Å². The van der Waals surface area contributed by atoms with Crippen molar-refractivity contribution in [1.29, 1.82) is 10.5 Å². The number of alkyl halides is 3. The number of halogens is 5. The van der Waals surface area contributed by atoms with E-state index >= 15 is 0 Å². The summed E-state index contributed by atoms with van der Waals surface area (Å²) in [6, 6.07) is 13.3. The molecule has 0 saturated heterocycles. The Hall–Kier alpha value is -5.51. The lowest BCUT2D eigenvalue weighted by Crippen LogP contribution is -2.27. The summed E-state index contributed by atoms with van der Waals surface area (Å²) in [7, 11) is 0.